The van der Waals surface area contributed by atoms with Crippen molar-refractivity contribution >= 4 is 38.9 Å². The van der Waals surface area contributed by atoms with Crippen LogP contribution in [0.5, 0.6) is 0 Å². The Morgan fingerprint density at radius 3 is 2.85 bits per heavy atom. The molecule has 0 saturated carbocycles. The smallest absolute Gasteiger partial charge is 0.279 e. The fourth-order valence-electron chi connectivity index (χ4n) is 2.01. The van der Waals surface area contributed by atoms with Gasteiger partial charge in [-0.3, -0.25) is 4.79 Å². The third-order valence-corrected chi connectivity index (χ3v) is 4.61. The highest BCUT2D eigenvalue weighted by Gasteiger charge is 2.11. The van der Waals surface area contributed by atoms with Crippen molar-refractivity contribution in [3.05, 3.63) is 50.6 Å². The largest absolute Gasteiger partial charge is 0.326 e. The maximum absolute atomic E-state index is 12.0. The van der Waals surface area contributed by atoms with Gasteiger partial charge in [0.15, 0.2) is 6.54 Å². The number of aryl methyl sites for hydroxylation is 1. The molecule has 3 nitrogen and oxygen atoms in total. The minimum absolute atomic E-state index is 0.0412. The third kappa shape index (κ3) is 4.44. The Morgan fingerprint density at radius 2 is 2.20 bits per heavy atom. The van der Waals surface area contributed by atoms with Crippen LogP contribution in [0, 0.1) is 6.92 Å². The van der Waals surface area contributed by atoms with Gasteiger partial charge in [0.2, 0.25) is 0 Å². The number of carbonyl (C=O) groups excluding carboxylic acids is 1. The Bertz CT molecular complexity index is 584. The Morgan fingerprint density at radius 1 is 1.40 bits per heavy atom. The monoisotopic (exact) mass is 353 g/mol. The van der Waals surface area contributed by atoms with Crippen LogP contribution in [0.15, 0.2) is 39.5 Å². The maximum atomic E-state index is 12.0. The third-order valence-electron chi connectivity index (χ3n) is 2.99. The number of anilines is 1. The number of hydrogen-bond acceptors (Lipinski definition) is 2. The number of hydrogen-bond donors (Lipinski definition) is 2. The van der Waals surface area contributed by atoms with E-state index >= 15 is 0 Å². The molecule has 2 N–H and O–H groups in total. The molecule has 1 atom stereocenters. The second kappa shape index (κ2) is 7.02. The number of benzene rings is 1. The van der Waals surface area contributed by atoms with Crippen LogP contribution in [0.4, 0.5) is 5.69 Å². The Balaban J connectivity index is 1.87. The van der Waals surface area contributed by atoms with Gasteiger partial charge in [-0.15, -0.1) is 0 Å². The number of quaternary nitrogens is 1. The van der Waals surface area contributed by atoms with E-state index in [1.807, 2.05) is 32.2 Å². The molecule has 0 aliphatic rings. The van der Waals surface area contributed by atoms with Crippen LogP contribution in [-0.2, 0) is 11.3 Å². The first-order valence-corrected chi connectivity index (χ1v) is 8.16. The topological polar surface area (TPSA) is 33.5 Å². The predicted molar refractivity (Wildman–Crippen MR) is 87.3 cm³/mol. The van der Waals surface area contributed by atoms with Crippen molar-refractivity contribution in [1.82, 2.24) is 0 Å². The van der Waals surface area contributed by atoms with E-state index in [0.29, 0.717) is 6.54 Å². The highest BCUT2D eigenvalue weighted by atomic mass is 79.9. The van der Waals surface area contributed by atoms with Gasteiger partial charge in [0, 0.05) is 15.7 Å². The fraction of sp³-hybridized carbons (Fsp3) is 0.267. The molecule has 1 amide bonds. The van der Waals surface area contributed by atoms with Gasteiger partial charge in [-0.1, -0.05) is 15.9 Å². The first-order chi connectivity index (χ1) is 9.54. The summed E-state index contributed by atoms with van der Waals surface area (Å²) in [6, 6.07) is 7.93. The van der Waals surface area contributed by atoms with E-state index in [1.54, 1.807) is 11.3 Å². The fourth-order valence-corrected chi connectivity index (χ4v) is 2.92. The van der Waals surface area contributed by atoms with E-state index < -0.39 is 0 Å². The molecule has 2 aromatic rings. The van der Waals surface area contributed by atoms with Gasteiger partial charge in [0.1, 0.15) is 6.54 Å². The first kappa shape index (κ1) is 15.2. The van der Waals surface area contributed by atoms with Crippen molar-refractivity contribution < 1.29 is 9.69 Å². The lowest BCUT2D eigenvalue weighted by Gasteiger charge is -2.13. The van der Waals surface area contributed by atoms with Crippen molar-refractivity contribution in [2.24, 2.45) is 0 Å². The average Bonchev–Trinajstić information content (AvgIpc) is 2.86. The van der Waals surface area contributed by atoms with Crippen molar-refractivity contribution in [1.29, 1.82) is 0 Å². The minimum atomic E-state index is 0.0412. The molecule has 0 radical (unpaired) electrons. The summed E-state index contributed by atoms with van der Waals surface area (Å²) in [5.74, 6) is 0.0412. The molecule has 1 unspecified atom stereocenters. The molecular weight excluding hydrogens is 336 g/mol. The lowest BCUT2D eigenvalue weighted by Crippen LogP contribution is -3.08. The summed E-state index contributed by atoms with van der Waals surface area (Å²) < 4.78 is 1.05. The van der Waals surface area contributed by atoms with Crippen molar-refractivity contribution in [2.45, 2.75) is 13.5 Å². The van der Waals surface area contributed by atoms with Crippen LogP contribution >= 0.6 is 27.3 Å². The van der Waals surface area contributed by atoms with Crippen LogP contribution in [-0.4, -0.2) is 19.5 Å². The number of thiophene rings is 1. The van der Waals surface area contributed by atoms with Gasteiger partial charge < -0.3 is 10.2 Å². The van der Waals surface area contributed by atoms with Crippen LogP contribution in [0.1, 0.15) is 11.1 Å². The highest BCUT2D eigenvalue weighted by molar-refractivity contribution is 9.10. The van der Waals surface area contributed by atoms with E-state index in [2.05, 4.69) is 38.1 Å². The molecule has 1 aromatic carbocycles. The molecule has 0 saturated heterocycles. The molecule has 0 spiro atoms. The molecular formula is C15H18BrN2OS+. The standard InChI is InChI=1S/C15H17BrN2OS/c1-11-7-13(3-4-14(11)16)17-15(19)9-18(2)8-12-5-6-20-10-12/h3-7,10H,8-9H2,1-2H3,(H,17,19)/p+1. The Kier molecular flexibility index (Phi) is 5.34. The summed E-state index contributed by atoms with van der Waals surface area (Å²) in [6.07, 6.45) is 0. The maximum Gasteiger partial charge on any atom is 0.279 e. The van der Waals surface area contributed by atoms with E-state index in [9.17, 15) is 4.79 Å². The molecule has 2 rings (SSSR count). The average molecular weight is 354 g/mol. The minimum Gasteiger partial charge on any atom is -0.326 e. The van der Waals surface area contributed by atoms with Gasteiger partial charge >= 0.3 is 0 Å². The molecule has 20 heavy (non-hydrogen) atoms. The second-order valence-electron chi connectivity index (χ2n) is 4.95. The quantitative estimate of drug-likeness (QED) is 0.850. The van der Waals surface area contributed by atoms with Crippen molar-refractivity contribution in [3.8, 4) is 0 Å². The summed E-state index contributed by atoms with van der Waals surface area (Å²) in [5.41, 5.74) is 3.24. The molecule has 1 aromatic heterocycles. The SMILES string of the molecule is Cc1cc(NC(=O)C[NH+](C)Cc2ccsc2)ccc1Br. The lowest BCUT2D eigenvalue weighted by atomic mass is 10.2. The van der Waals surface area contributed by atoms with Crippen LogP contribution in [0.3, 0.4) is 0 Å². The summed E-state index contributed by atoms with van der Waals surface area (Å²) in [6.45, 7) is 3.34. The number of rotatable bonds is 5. The van der Waals surface area contributed by atoms with Crippen molar-refractivity contribution in [2.75, 3.05) is 18.9 Å². The normalized spacial score (nSPS) is 12.2. The Labute approximate surface area is 131 Å². The summed E-state index contributed by atoms with van der Waals surface area (Å²) in [5, 5.41) is 7.13. The van der Waals surface area contributed by atoms with Crippen LogP contribution < -0.4 is 10.2 Å². The van der Waals surface area contributed by atoms with Gasteiger partial charge in [-0.2, -0.15) is 11.3 Å². The first-order valence-electron chi connectivity index (χ1n) is 6.43. The number of nitrogens with one attached hydrogen (secondary N) is 2. The van der Waals surface area contributed by atoms with E-state index in [4.69, 9.17) is 0 Å². The van der Waals surface area contributed by atoms with Gasteiger partial charge in [0.05, 0.1) is 7.05 Å². The summed E-state index contributed by atoms with van der Waals surface area (Å²) in [7, 11) is 2.03. The van der Waals surface area contributed by atoms with Gasteiger partial charge in [0.25, 0.3) is 5.91 Å². The van der Waals surface area contributed by atoms with Gasteiger partial charge in [-0.05, 0) is 47.5 Å². The van der Waals surface area contributed by atoms with Crippen LogP contribution in [0.25, 0.3) is 0 Å². The zero-order valence-corrected chi connectivity index (χ0v) is 14.0. The summed E-state index contributed by atoms with van der Waals surface area (Å²) >= 11 is 5.14. The number of likely N-dealkylation sites (N-methyl/N-ethyl adjacent to an activating group) is 1. The highest BCUT2D eigenvalue weighted by Crippen LogP contribution is 2.19. The Hall–Kier alpha value is -1.17. The van der Waals surface area contributed by atoms with E-state index in [-0.39, 0.29) is 5.91 Å². The molecule has 1 heterocycles. The zero-order chi connectivity index (χ0) is 14.5. The van der Waals surface area contributed by atoms with E-state index in [0.717, 1.165) is 22.3 Å². The molecule has 0 fully saturated rings. The number of amides is 1. The van der Waals surface area contributed by atoms with Crippen molar-refractivity contribution in [3.63, 3.8) is 0 Å². The number of carbonyl (C=O) groups is 1. The molecule has 106 valence electrons. The summed E-state index contributed by atoms with van der Waals surface area (Å²) in [4.78, 5) is 13.2. The molecule has 0 aliphatic carbocycles. The number of halogens is 1. The molecule has 5 heteroatoms. The van der Waals surface area contributed by atoms with Crippen LogP contribution in [0.2, 0.25) is 0 Å². The molecule has 0 bridgehead atoms. The predicted octanol–water partition coefficient (Wildman–Crippen LogP) is 2.47. The molecule has 0 aliphatic heterocycles. The second-order valence-corrected chi connectivity index (χ2v) is 6.59. The lowest BCUT2D eigenvalue weighted by molar-refractivity contribution is -0.885. The zero-order valence-electron chi connectivity index (χ0n) is 11.6. The van der Waals surface area contributed by atoms with Gasteiger partial charge in [-0.25, -0.2) is 0 Å². The van der Waals surface area contributed by atoms with E-state index in [1.165, 1.54) is 10.5 Å².